The number of pyridine rings is 2. The van der Waals surface area contributed by atoms with Gasteiger partial charge in [0.05, 0.1) is 24.3 Å². The maximum Gasteiger partial charge on any atom is 0.391 e. The second-order valence-electron chi connectivity index (χ2n) is 10.9. The predicted molar refractivity (Wildman–Crippen MR) is 140 cm³/mol. The van der Waals surface area contributed by atoms with Crippen molar-refractivity contribution in [1.82, 2.24) is 9.97 Å². The number of carbonyl (C=O) groups excluding carboxylic acids is 2. The fourth-order valence-corrected chi connectivity index (χ4v) is 5.15. The first-order chi connectivity index (χ1) is 18.8. The van der Waals surface area contributed by atoms with Crippen LogP contribution in [0.5, 0.6) is 5.75 Å². The largest absolute Gasteiger partial charge is 0.491 e. The van der Waals surface area contributed by atoms with E-state index in [2.05, 4.69) is 20.2 Å². The third-order valence-corrected chi connectivity index (χ3v) is 7.27. The maximum absolute atomic E-state index is 13.5. The molecule has 2 saturated heterocycles. The van der Waals surface area contributed by atoms with Gasteiger partial charge in [-0.3, -0.25) is 15.0 Å². The molecule has 40 heavy (non-hydrogen) atoms. The molecular formula is C27H32F3N5O5. The lowest BCUT2D eigenvalue weighted by atomic mass is 9.99. The van der Waals surface area contributed by atoms with Crippen LogP contribution in [-0.4, -0.2) is 72.2 Å². The fraction of sp³-hybridized carbons (Fsp3) is 0.556. The summed E-state index contributed by atoms with van der Waals surface area (Å²) in [5.41, 5.74) is 1.06. The molecule has 2 fully saturated rings. The van der Waals surface area contributed by atoms with E-state index in [9.17, 15) is 22.8 Å². The molecule has 2 amide bonds. The third-order valence-electron chi connectivity index (χ3n) is 7.27. The minimum atomic E-state index is -4.49. The summed E-state index contributed by atoms with van der Waals surface area (Å²) in [5.74, 6) is -2.23. The predicted octanol–water partition coefficient (Wildman–Crippen LogP) is 4.72. The zero-order chi connectivity index (χ0) is 28.8. The highest BCUT2D eigenvalue weighted by molar-refractivity contribution is 6.05. The van der Waals surface area contributed by atoms with E-state index in [1.807, 2.05) is 13.8 Å². The summed E-state index contributed by atoms with van der Waals surface area (Å²) in [5, 5.41) is 2.78. The van der Waals surface area contributed by atoms with Crippen molar-refractivity contribution in [3.63, 3.8) is 0 Å². The van der Waals surface area contributed by atoms with Crippen molar-refractivity contribution in [1.29, 1.82) is 0 Å². The number of alkyl halides is 3. The number of carbonyl (C=O) groups is 2. The lowest BCUT2D eigenvalue weighted by Gasteiger charge is -2.36. The van der Waals surface area contributed by atoms with Crippen molar-refractivity contribution in [3.05, 3.63) is 35.7 Å². The Morgan fingerprint density at radius 3 is 2.77 bits per heavy atom. The van der Waals surface area contributed by atoms with Crippen LogP contribution >= 0.6 is 0 Å². The number of nitrogens with zero attached hydrogens (tertiary/aromatic N) is 4. The molecule has 2 aromatic heterocycles. The van der Waals surface area contributed by atoms with Gasteiger partial charge in [-0.1, -0.05) is 6.92 Å². The monoisotopic (exact) mass is 563 g/mol. The molecule has 0 saturated carbocycles. The Hall–Kier alpha value is -3.45. The molecule has 13 heteroatoms. The molecule has 1 N–H and O–H groups in total. The molecule has 10 nitrogen and oxygen atoms in total. The Morgan fingerprint density at radius 1 is 1.30 bits per heavy atom. The van der Waals surface area contributed by atoms with Crippen LogP contribution in [0.15, 0.2) is 24.4 Å². The van der Waals surface area contributed by atoms with Gasteiger partial charge in [-0.15, -0.1) is 0 Å². The zero-order valence-electron chi connectivity index (χ0n) is 22.7. The van der Waals surface area contributed by atoms with Crippen molar-refractivity contribution >= 4 is 29.1 Å². The summed E-state index contributed by atoms with van der Waals surface area (Å²) >= 11 is 0. The van der Waals surface area contributed by atoms with Gasteiger partial charge in [0.1, 0.15) is 30.0 Å². The highest BCUT2D eigenvalue weighted by Gasteiger charge is 2.42. The van der Waals surface area contributed by atoms with Gasteiger partial charge < -0.3 is 19.1 Å². The van der Waals surface area contributed by atoms with Crippen LogP contribution in [0.25, 0.3) is 0 Å². The van der Waals surface area contributed by atoms with Gasteiger partial charge >= 0.3 is 12.2 Å². The molecule has 0 aliphatic carbocycles. The van der Waals surface area contributed by atoms with E-state index in [1.165, 1.54) is 11.1 Å². The molecule has 3 aliphatic rings. The van der Waals surface area contributed by atoms with E-state index in [-0.39, 0.29) is 36.1 Å². The van der Waals surface area contributed by atoms with Crippen molar-refractivity contribution in [2.24, 2.45) is 5.92 Å². The van der Waals surface area contributed by atoms with Crippen LogP contribution in [0.2, 0.25) is 0 Å². The number of aromatic nitrogens is 2. The normalized spacial score (nSPS) is 22.2. The Bertz CT molecular complexity index is 1300. The van der Waals surface area contributed by atoms with E-state index in [0.29, 0.717) is 43.1 Å². The number of nitrogens with one attached hydrogen (secondary N) is 1. The number of Topliss-reactive ketones (excluding diaryl/α,β-unsaturated/α-hetero) is 1. The van der Waals surface area contributed by atoms with Crippen LogP contribution < -0.4 is 19.9 Å². The van der Waals surface area contributed by atoms with E-state index in [0.717, 1.165) is 6.92 Å². The van der Waals surface area contributed by atoms with Crippen LogP contribution in [0.3, 0.4) is 0 Å². The first-order valence-electron chi connectivity index (χ1n) is 13.2. The number of amides is 2. The molecule has 3 aliphatic heterocycles. The number of anilines is 3. The number of ketones is 1. The van der Waals surface area contributed by atoms with E-state index in [4.69, 9.17) is 14.2 Å². The minimum absolute atomic E-state index is 0.0649. The second kappa shape index (κ2) is 10.5. The van der Waals surface area contributed by atoms with Crippen molar-refractivity contribution in [3.8, 4) is 5.75 Å². The molecule has 216 valence electrons. The molecule has 0 radical (unpaired) electrons. The lowest BCUT2D eigenvalue weighted by Crippen LogP contribution is -2.48. The van der Waals surface area contributed by atoms with Crippen LogP contribution in [-0.2, 0) is 9.47 Å². The van der Waals surface area contributed by atoms with E-state index in [1.54, 1.807) is 25.1 Å². The van der Waals surface area contributed by atoms with Gasteiger partial charge in [0.25, 0.3) is 0 Å². The molecule has 3 atom stereocenters. The van der Waals surface area contributed by atoms with Crippen molar-refractivity contribution < 1.29 is 37.0 Å². The van der Waals surface area contributed by atoms with Crippen LogP contribution in [0.4, 0.5) is 35.3 Å². The third kappa shape index (κ3) is 5.85. The SMILES string of the molecule is Cc1cc2c(nc1C(=O)C[C@H](C)C(F)(F)F)N(C(=O)Nc1cc(OC[C@H]3COC(C)(C)O3)ccn1)[C@H]1CCN2C1. The van der Waals surface area contributed by atoms with Gasteiger partial charge in [0.15, 0.2) is 17.4 Å². The fourth-order valence-electron chi connectivity index (χ4n) is 5.15. The summed E-state index contributed by atoms with van der Waals surface area (Å²) in [6.45, 7) is 8.19. The highest BCUT2D eigenvalue weighted by atomic mass is 19.4. The lowest BCUT2D eigenvalue weighted by molar-refractivity contribution is -0.168. The summed E-state index contributed by atoms with van der Waals surface area (Å²) in [6, 6.07) is 4.23. The van der Waals surface area contributed by atoms with Gasteiger partial charge in [-0.2, -0.15) is 13.2 Å². The van der Waals surface area contributed by atoms with Crippen molar-refractivity contribution in [2.45, 2.75) is 64.6 Å². The maximum atomic E-state index is 13.5. The number of rotatable bonds is 7. The quantitative estimate of drug-likeness (QED) is 0.483. The Balaban J connectivity index is 1.34. The Morgan fingerprint density at radius 2 is 2.08 bits per heavy atom. The van der Waals surface area contributed by atoms with Gasteiger partial charge in [-0.25, -0.2) is 14.8 Å². The summed E-state index contributed by atoms with van der Waals surface area (Å²) in [4.78, 5) is 38.6. The van der Waals surface area contributed by atoms with Gasteiger partial charge in [0, 0.05) is 31.8 Å². The number of hydrogen-bond acceptors (Lipinski definition) is 8. The molecule has 5 rings (SSSR count). The summed E-state index contributed by atoms with van der Waals surface area (Å²) in [7, 11) is 0. The molecule has 0 aromatic carbocycles. The number of urea groups is 1. The highest BCUT2D eigenvalue weighted by Crippen LogP contribution is 2.41. The Kier molecular flexibility index (Phi) is 7.38. The standard InChI is InChI=1S/C27H32F3N5O5/c1-15-9-20-24(33-23(15)21(36)10-16(2)27(28,29)30)35(17-6-8-34(20)12-17)25(37)32-22-11-18(5-7-31-22)38-13-19-14-39-26(3,4)40-19/h5,7,9,11,16-17,19H,6,8,10,12-14H2,1-4H3,(H,31,32,37)/t16-,17-,19-/m0/s1. The van der Waals surface area contributed by atoms with E-state index < -0.39 is 36.1 Å². The summed E-state index contributed by atoms with van der Waals surface area (Å²) < 4.78 is 56.4. The van der Waals surface area contributed by atoms with Crippen molar-refractivity contribution in [2.75, 3.05) is 41.4 Å². The molecular weight excluding hydrogens is 531 g/mol. The van der Waals surface area contributed by atoms with Gasteiger partial charge in [-0.05, 0) is 44.9 Å². The topological polar surface area (TPSA) is 106 Å². The first-order valence-corrected chi connectivity index (χ1v) is 13.2. The van der Waals surface area contributed by atoms with Crippen LogP contribution in [0, 0.1) is 12.8 Å². The number of aryl methyl sites for hydroxylation is 1. The average Bonchev–Trinajstić information content (AvgIpc) is 3.45. The number of hydrogen-bond donors (Lipinski definition) is 1. The molecule has 2 aromatic rings. The van der Waals surface area contributed by atoms with Gasteiger partial charge in [0.2, 0.25) is 0 Å². The second-order valence-corrected chi connectivity index (χ2v) is 10.9. The van der Waals surface area contributed by atoms with Crippen LogP contribution in [0.1, 0.15) is 49.7 Å². The average molecular weight is 564 g/mol. The number of halogens is 3. The number of fused-ring (bicyclic) bond motifs is 4. The molecule has 0 unspecified atom stereocenters. The van der Waals surface area contributed by atoms with E-state index >= 15 is 0 Å². The zero-order valence-corrected chi connectivity index (χ0v) is 22.7. The Labute approximate surface area is 229 Å². The minimum Gasteiger partial charge on any atom is -0.491 e. The number of ether oxygens (including phenoxy) is 3. The smallest absolute Gasteiger partial charge is 0.391 e. The first kappa shape index (κ1) is 28.1. The molecule has 2 bridgehead atoms. The molecule has 5 heterocycles. The molecule has 0 spiro atoms. The summed E-state index contributed by atoms with van der Waals surface area (Å²) in [6.07, 6.45) is -3.27.